The molecule has 1 amide bonds. The highest BCUT2D eigenvalue weighted by Crippen LogP contribution is 2.31. The zero-order valence-corrected chi connectivity index (χ0v) is 16.1. The van der Waals surface area contributed by atoms with Gasteiger partial charge < -0.3 is 21.5 Å². The minimum Gasteiger partial charge on any atom is -0.391 e. The summed E-state index contributed by atoms with van der Waals surface area (Å²) in [6.45, 7) is 0.592. The van der Waals surface area contributed by atoms with Crippen molar-refractivity contribution in [2.24, 2.45) is 0 Å². The monoisotopic (exact) mass is 389 g/mol. The second-order valence-electron chi connectivity index (χ2n) is 7.10. The summed E-state index contributed by atoms with van der Waals surface area (Å²) in [4.78, 5) is 20.4. The average Bonchev–Trinajstić information content (AvgIpc) is 3.07. The van der Waals surface area contributed by atoms with Crippen LogP contribution >= 0.6 is 0 Å². The van der Waals surface area contributed by atoms with Crippen molar-refractivity contribution in [1.82, 2.24) is 20.6 Å². The molecule has 4 rings (SSSR count). The van der Waals surface area contributed by atoms with E-state index in [1.807, 2.05) is 36.4 Å². The Morgan fingerprint density at radius 2 is 2.07 bits per heavy atom. The fourth-order valence-corrected chi connectivity index (χ4v) is 3.71. The maximum Gasteiger partial charge on any atom is 0.273 e. The van der Waals surface area contributed by atoms with E-state index in [9.17, 15) is 9.90 Å². The molecule has 0 unspecified atom stereocenters. The van der Waals surface area contributed by atoms with Crippen LogP contribution in [0.25, 0.3) is 11.3 Å². The van der Waals surface area contributed by atoms with Gasteiger partial charge in [0, 0.05) is 25.6 Å². The van der Waals surface area contributed by atoms with Gasteiger partial charge >= 0.3 is 0 Å². The van der Waals surface area contributed by atoms with Crippen LogP contribution in [-0.4, -0.2) is 34.1 Å². The summed E-state index contributed by atoms with van der Waals surface area (Å²) in [5.74, 6) is -0.275. The smallest absolute Gasteiger partial charge is 0.273 e. The molecule has 5 N–H and O–H groups in total. The summed E-state index contributed by atoms with van der Waals surface area (Å²) in [5.41, 5.74) is 10.7. The summed E-state index contributed by atoms with van der Waals surface area (Å²) in [6.07, 6.45) is 1.79. The van der Waals surface area contributed by atoms with E-state index in [1.165, 1.54) is 12.6 Å². The van der Waals surface area contributed by atoms with Gasteiger partial charge in [0.2, 0.25) is 0 Å². The predicted molar refractivity (Wildman–Crippen MR) is 111 cm³/mol. The Morgan fingerprint density at radius 3 is 2.90 bits per heavy atom. The zero-order valence-electron chi connectivity index (χ0n) is 16.1. The van der Waals surface area contributed by atoms with Crippen LogP contribution in [0, 0.1) is 0 Å². The predicted octanol–water partition coefficient (Wildman–Crippen LogP) is 1.83. The van der Waals surface area contributed by atoms with Gasteiger partial charge in [0.15, 0.2) is 11.5 Å². The van der Waals surface area contributed by atoms with Crippen molar-refractivity contribution in [1.29, 1.82) is 0 Å². The number of rotatable bonds is 5. The molecule has 1 aromatic heterocycles. The van der Waals surface area contributed by atoms with E-state index in [-0.39, 0.29) is 23.5 Å². The molecule has 7 heteroatoms. The Labute approximate surface area is 169 Å². The summed E-state index contributed by atoms with van der Waals surface area (Å²) in [7, 11) is 1.53. The standard InChI is InChI=1S/C22H23N5O2/c1-24-22(29)20-21(23)26-12-17(27-20)15-7-4-5-13(9-15)11-25-19-16-8-3-2-6-14(16)10-18(19)28/h2-9,12,18-19,25,28H,10-11H2,1H3,(H2,23,26)(H,24,29)/t18-,19+/m0/s1. The van der Waals surface area contributed by atoms with Crippen molar-refractivity contribution in [3.8, 4) is 11.3 Å². The van der Waals surface area contributed by atoms with Crippen LogP contribution in [0.15, 0.2) is 54.7 Å². The summed E-state index contributed by atoms with van der Waals surface area (Å²) in [5, 5.41) is 16.4. The van der Waals surface area contributed by atoms with Crippen molar-refractivity contribution in [3.05, 3.63) is 77.1 Å². The van der Waals surface area contributed by atoms with Crippen LogP contribution in [0.2, 0.25) is 0 Å². The van der Waals surface area contributed by atoms with Gasteiger partial charge in [-0.05, 0) is 22.8 Å². The number of nitrogen functional groups attached to an aromatic ring is 1. The lowest BCUT2D eigenvalue weighted by Crippen LogP contribution is -2.28. The molecule has 0 radical (unpaired) electrons. The van der Waals surface area contributed by atoms with Crippen molar-refractivity contribution in [2.75, 3.05) is 12.8 Å². The van der Waals surface area contributed by atoms with Gasteiger partial charge in [-0.3, -0.25) is 4.79 Å². The number of nitrogens with one attached hydrogen (secondary N) is 2. The molecule has 0 saturated carbocycles. The summed E-state index contributed by atoms with van der Waals surface area (Å²) in [6, 6.07) is 15.9. The highest BCUT2D eigenvalue weighted by Gasteiger charge is 2.30. The van der Waals surface area contributed by atoms with E-state index >= 15 is 0 Å². The molecule has 1 heterocycles. The molecule has 148 valence electrons. The number of amides is 1. The van der Waals surface area contributed by atoms with Gasteiger partial charge in [-0.1, -0.05) is 42.5 Å². The largest absolute Gasteiger partial charge is 0.391 e. The van der Waals surface area contributed by atoms with Crippen LogP contribution < -0.4 is 16.4 Å². The highest BCUT2D eigenvalue weighted by molar-refractivity contribution is 5.96. The summed E-state index contributed by atoms with van der Waals surface area (Å²) < 4.78 is 0. The van der Waals surface area contributed by atoms with Crippen molar-refractivity contribution in [3.63, 3.8) is 0 Å². The highest BCUT2D eigenvalue weighted by atomic mass is 16.3. The maximum absolute atomic E-state index is 11.9. The van der Waals surface area contributed by atoms with Crippen molar-refractivity contribution in [2.45, 2.75) is 25.1 Å². The Kier molecular flexibility index (Phi) is 5.24. The minimum absolute atomic E-state index is 0.0916. The lowest BCUT2D eigenvalue weighted by atomic mass is 10.1. The van der Waals surface area contributed by atoms with E-state index in [4.69, 9.17) is 5.73 Å². The van der Waals surface area contributed by atoms with Crippen LogP contribution in [0.4, 0.5) is 5.82 Å². The van der Waals surface area contributed by atoms with Crippen molar-refractivity contribution >= 4 is 11.7 Å². The van der Waals surface area contributed by atoms with Crippen LogP contribution in [0.1, 0.15) is 33.2 Å². The Bertz CT molecular complexity index is 1050. The zero-order chi connectivity index (χ0) is 20.4. The molecular formula is C22H23N5O2. The van der Waals surface area contributed by atoms with Gasteiger partial charge in [0.25, 0.3) is 5.91 Å². The van der Waals surface area contributed by atoms with Gasteiger partial charge in [0.1, 0.15) is 0 Å². The maximum atomic E-state index is 11.9. The van der Waals surface area contributed by atoms with Gasteiger partial charge in [-0.2, -0.15) is 0 Å². The van der Waals surface area contributed by atoms with Crippen molar-refractivity contribution < 1.29 is 9.90 Å². The molecule has 2 aromatic carbocycles. The number of aliphatic hydroxyl groups is 1. The number of fused-ring (bicyclic) bond motifs is 1. The topological polar surface area (TPSA) is 113 Å². The van der Waals surface area contributed by atoms with Crippen LogP contribution in [-0.2, 0) is 13.0 Å². The Morgan fingerprint density at radius 1 is 1.24 bits per heavy atom. The number of carbonyl (C=O) groups excluding carboxylic acids is 1. The number of aromatic nitrogens is 2. The van der Waals surface area contributed by atoms with Gasteiger partial charge in [0.05, 0.1) is 24.0 Å². The third-order valence-corrected chi connectivity index (χ3v) is 5.20. The first-order valence-electron chi connectivity index (χ1n) is 9.50. The Hall–Kier alpha value is -3.29. The molecule has 1 aliphatic carbocycles. The number of aliphatic hydroxyl groups excluding tert-OH is 1. The molecule has 1 aliphatic rings. The molecule has 0 fully saturated rings. The lowest BCUT2D eigenvalue weighted by molar-refractivity contribution is 0.0959. The third kappa shape index (κ3) is 3.83. The van der Waals surface area contributed by atoms with E-state index in [0.717, 1.165) is 16.7 Å². The second-order valence-corrected chi connectivity index (χ2v) is 7.10. The molecule has 29 heavy (non-hydrogen) atoms. The molecule has 3 aromatic rings. The molecule has 0 spiro atoms. The van der Waals surface area contributed by atoms with Gasteiger partial charge in [-0.25, -0.2) is 9.97 Å². The number of anilines is 1. The quantitative estimate of drug-likeness (QED) is 0.530. The molecule has 0 bridgehead atoms. The second kappa shape index (κ2) is 7.98. The van der Waals surface area contributed by atoms with E-state index in [1.54, 1.807) is 6.20 Å². The van der Waals surface area contributed by atoms with E-state index in [0.29, 0.717) is 18.7 Å². The first-order chi connectivity index (χ1) is 14.1. The molecule has 2 atom stereocenters. The average molecular weight is 389 g/mol. The normalized spacial score (nSPS) is 17.7. The molecule has 0 aliphatic heterocycles. The molecule has 7 nitrogen and oxygen atoms in total. The Balaban J connectivity index is 1.54. The van der Waals surface area contributed by atoms with E-state index < -0.39 is 6.10 Å². The lowest BCUT2D eigenvalue weighted by Gasteiger charge is -2.18. The first-order valence-corrected chi connectivity index (χ1v) is 9.50. The number of benzene rings is 2. The summed E-state index contributed by atoms with van der Waals surface area (Å²) >= 11 is 0. The molecular weight excluding hydrogens is 366 g/mol. The fraction of sp³-hybridized carbons (Fsp3) is 0.227. The molecule has 0 saturated heterocycles. The SMILES string of the molecule is CNC(=O)c1nc(-c2cccc(CN[C@@H]3c4ccccc4C[C@@H]3O)c2)cnc1N. The van der Waals surface area contributed by atoms with Crippen LogP contribution in [0.3, 0.4) is 0 Å². The first kappa shape index (κ1) is 19.0. The number of hydrogen-bond acceptors (Lipinski definition) is 6. The van der Waals surface area contributed by atoms with E-state index in [2.05, 4.69) is 32.7 Å². The van der Waals surface area contributed by atoms with Crippen LogP contribution in [0.5, 0.6) is 0 Å². The number of nitrogens with zero attached hydrogens (tertiary/aromatic N) is 2. The number of nitrogens with two attached hydrogens (primary N) is 1. The van der Waals surface area contributed by atoms with Gasteiger partial charge in [-0.15, -0.1) is 0 Å². The third-order valence-electron chi connectivity index (χ3n) is 5.20. The fourth-order valence-electron chi connectivity index (χ4n) is 3.71. The number of carbonyl (C=O) groups is 1. The number of hydrogen-bond donors (Lipinski definition) is 4. The minimum atomic E-state index is -0.436.